The van der Waals surface area contributed by atoms with Crippen molar-refractivity contribution in [3.8, 4) is 0 Å². The molecule has 8 aromatic rings. The van der Waals surface area contributed by atoms with Gasteiger partial charge in [-0.1, -0.05) is 344 Å². The number of rotatable bonds is 8. The van der Waals surface area contributed by atoms with Crippen molar-refractivity contribution in [3.05, 3.63) is 262 Å². The number of pyridine rings is 3. The van der Waals surface area contributed by atoms with E-state index in [1.165, 1.54) is 143 Å². The lowest BCUT2D eigenvalue weighted by atomic mass is 10.2. The van der Waals surface area contributed by atoms with E-state index >= 15 is 0 Å². The van der Waals surface area contributed by atoms with Crippen LogP contribution in [-0.4, -0.2) is 15.0 Å². The van der Waals surface area contributed by atoms with Gasteiger partial charge in [-0.25, -0.2) is 0 Å². The number of aryl methyl sites for hydroxylation is 8. The highest BCUT2D eigenvalue weighted by Gasteiger charge is 1.88. The van der Waals surface area contributed by atoms with Gasteiger partial charge in [0.2, 0.25) is 0 Å². The van der Waals surface area contributed by atoms with E-state index in [0.717, 1.165) is 26.3 Å². The monoisotopic (exact) mass is 1560 g/mol. The Kier molecular flexibility index (Phi) is 101. The predicted molar refractivity (Wildman–Crippen MR) is 448 cm³/mol. The van der Waals surface area contributed by atoms with Crippen LogP contribution < -0.4 is 0 Å². The zero-order valence-corrected chi connectivity index (χ0v) is 70.1. The van der Waals surface area contributed by atoms with Crippen LogP contribution in [0.2, 0.25) is 15.1 Å². The Hall–Kier alpha value is -4.12. The smallest absolute Gasteiger partial charge is 0.0435 e. The number of aromatic nitrogens is 3. The Balaban J connectivity index is -0.000000139. The van der Waals surface area contributed by atoms with Gasteiger partial charge in [0.05, 0.1) is 0 Å². The molecule has 0 saturated carbocycles. The molecule has 3 heterocycles. The number of nitrogens with zero attached hydrogens (tertiary/aromatic N) is 3. The lowest BCUT2D eigenvalue weighted by Crippen LogP contribution is -1.74. The normalized spacial score (nSPS) is 8.53. The fourth-order valence-electron chi connectivity index (χ4n) is 4.17. The van der Waals surface area contributed by atoms with Gasteiger partial charge in [-0.15, -0.1) is 0 Å². The van der Waals surface area contributed by atoms with Crippen LogP contribution in [0.25, 0.3) is 0 Å². The first-order chi connectivity index (χ1) is 44.5. The first kappa shape index (κ1) is 105. The second-order valence-corrected chi connectivity index (χ2v) is 25.1. The fourth-order valence-corrected chi connectivity index (χ4v) is 5.76. The molecule has 0 atom stereocenters. The van der Waals surface area contributed by atoms with Gasteiger partial charge >= 0.3 is 0 Å². The van der Waals surface area contributed by atoms with Crippen molar-refractivity contribution in [1.82, 2.24) is 15.0 Å². The summed E-state index contributed by atoms with van der Waals surface area (Å²) in [6.45, 7) is 51.2. The van der Waals surface area contributed by atoms with Crippen LogP contribution in [0.3, 0.4) is 0 Å². The molecular weight excluding hydrogens is 1420 g/mol. The van der Waals surface area contributed by atoms with Crippen molar-refractivity contribution in [3.63, 3.8) is 0 Å². The molecule has 526 valence electrons. The minimum atomic E-state index is 0.801. The molecule has 0 aliphatic carbocycles. The highest BCUT2D eigenvalue weighted by molar-refractivity contribution is 14.1. The maximum Gasteiger partial charge on any atom is 0.0435 e. The summed E-state index contributed by atoms with van der Waals surface area (Å²) in [5.41, 5.74) is 9.81. The molecule has 0 amide bonds. The van der Waals surface area contributed by atoms with Crippen molar-refractivity contribution in [1.29, 1.82) is 0 Å². The van der Waals surface area contributed by atoms with E-state index in [4.69, 9.17) is 34.8 Å². The minimum absolute atomic E-state index is 0.801. The van der Waals surface area contributed by atoms with Crippen molar-refractivity contribution in [2.75, 3.05) is 0 Å². The van der Waals surface area contributed by atoms with Gasteiger partial charge in [-0.2, -0.15) is 0 Å². The summed E-state index contributed by atoms with van der Waals surface area (Å²) in [4.78, 5) is 11.7. The largest absolute Gasteiger partial charge is 0.265 e. The molecule has 0 fully saturated rings. The van der Waals surface area contributed by atoms with Crippen molar-refractivity contribution in [2.45, 2.75) is 269 Å². The zero-order valence-electron chi connectivity index (χ0n) is 63.5. The van der Waals surface area contributed by atoms with E-state index in [1.807, 2.05) is 163 Å². The van der Waals surface area contributed by atoms with Crippen molar-refractivity contribution in [2.24, 2.45) is 0 Å². The third-order valence-electron chi connectivity index (χ3n) is 11.6. The molecule has 0 radical (unpaired) electrons. The quantitative estimate of drug-likeness (QED) is 0.142. The van der Waals surface area contributed by atoms with Gasteiger partial charge in [-0.05, 0) is 207 Å². The Morgan fingerprint density at radius 1 is 0.280 bits per heavy atom. The second kappa shape index (κ2) is 89.9. The summed E-state index contributed by atoms with van der Waals surface area (Å²) in [6, 6.07) is 53.8. The van der Waals surface area contributed by atoms with Crippen LogP contribution in [0.5, 0.6) is 0 Å². The van der Waals surface area contributed by atoms with Crippen molar-refractivity contribution >= 4 is 80.0 Å². The standard InChI is InChI=1S/3C7H7Cl.2C7H7I.3C6H7N.8C4H10/c1-6-2-4-7(8)5-3-6;1-6-3-2-4-7(8)5-6;1-6-4-2-3-5-7(6)8;1-6-3-2-4-7(8)5-6;1-6-4-2-3-5-7(6)8;1-6-2-4-7-5-3-6;1-6-3-2-4-7-5-6;1-6-4-2-3-5-7-6;8*1-3-4-2/h5*2-5H,1H3;3*2-5H,1H3;8*3-4H2,1-2H3. The number of benzene rings is 5. The van der Waals surface area contributed by atoms with Crippen LogP contribution >= 0.6 is 80.0 Å². The molecule has 0 unspecified atom stereocenters. The summed E-state index contributed by atoms with van der Waals surface area (Å²) in [6.07, 6.45) is 30.1. The van der Waals surface area contributed by atoms with Crippen LogP contribution in [0.1, 0.15) is 258 Å². The van der Waals surface area contributed by atoms with Gasteiger partial charge in [0.1, 0.15) is 0 Å². The third kappa shape index (κ3) is 102. The number of hydrogen-bond donors (Lipinski definition) is 0. The van der Waals surface area contributed by atoms with Gasteiger partial charge in [0.25, 0.3) is 0 Å². The molecule has 5 aromatic carbocycles. The van der Waals surface area contributed by atoms with Gasteiger partial charge < -0.3 is 0 Å². The van der Waals surface area contributed by atoms with Crippen LogP contribution in [0, 0.1) is 62.5 Å². The zero-order chi connectivity index (χ0) is 72.6. The molecule has 3 nitrogen and oxygen atoms in total. The van der Waals surface area contributed by atoms with Crippen LogP contribution in [0.4, 0.5) is 0 Å². The molecule has 8 rings (SSSR count). The fraction of sp³-hybridized carbons (Fsp3) is 0.471. The number of hydrogen-bond acceptors (Lipinski definition) is 3. The molecular formula is C85H136Cl3I2N3. The first-order valence-corrected chi connectivity index (χ1v) is 38.0. The molecule has 0 aliphatic rings. The van der Waals surface area contributed by atoms with Gasteiger partial charge in [-0.3, -0.25) is 15.0 Å². The molecule has 8 heteroatoms. The number of unbranched alkanes of at least 4 members (excludes halogenated alkanes) is 8. The van der Waals surface area contributed by atoms with E-state index < -0.39 is 0 Å². The average Bonchev–Trinajstić information content (AvgIpc) is 3.80. The van der Waals surface area contributed by atoms with E-state index in [9.17, 15) is 0 Å². The van der Waals surface area contributed by atoms with Gasteiger partial charge in [0.15, 0.2) is 0 Å². The Morgan fingerprint density at radius 3 is 0.860 bits per heavy atom. The minimum Gasteiger partial charge on any atom is -0.265 e. The Labute approximate surface area is 620 Å². The molecule has 0 spiro atoms. The molecule has 0 N–H and O–H groups in total. The van der Waals surface area contributed by atoms with E-state index in [1.54, 1.807) is 24.8 Å². The lowest BCUT2D eigenvalue weighted by Gasteiger charge is -1.91. The molecule has 93 heavy (non-hydrogen) atoms. The SMILES string of the molecule is CCCC.CCCC.CCCC.CCCC.CCCC.CCCC.CCCC.CCCC.Cc1ccc(Cl)cc1.Cc1cccc(Cl)c1.Cc1cccc(I)c1.Cc1ccccc1Cl.Cc1ccccc1I.Cc1ccccn1.Cc1cccnc1.Cc1ccncc1. The Bertz CT molecular complexity index is 2250. The average molecular weight is 1560 g/mol. The van der Waals surface area contributed by atoms with Gasteiger partial charge in [0, 0.05) is 58.9 Å². The predicted octanol–water partition coefficient (Wildman–Crippen LogP) is 31.8. The topological polar surface area (TPSA) is 38.7 Å². The highest BCUT2D eigenvalue weighted by atomic mass is 127. The molecule has 0 bridgehead atoms. The maximum atomic E-state index is 5.71. The lowest BCUT2D eigenvalue weighted by molar-refractivity contribution is 0.886. The molecule has 0 aliphatic heterocycles. The van der Waals surface area contributed by atoms with E-state index in [-0.39, 0.29) is 0 Å². The van der Waals surface area contributed by atoms with Crippen LogP contribution in [0.15, 0.2) is 195 Å². The molecule has 0 saturated heterocycles. The van der Waals surface area contributed by atoms with E-state index in [2.05, 4.69) is 233 Å². The summed E-state index contributed by atoms with van der Waals surface area (Å²) in [5, 5.41) is 2.45. The summed E-state index contributed by atoms with van der Waals surface area (Å²) < 4.78 is 2.65. The Morgan fingerprint density at radius 2 is 0.656 bits per heavy atom. The maximum absolute atomic E-state index is 5.71. The second-order valence-electron chi connectivity index (χ2n) is 21.4. The van der Waals surface area contributed by atoms with Crippen molar-refractivity contribution < 1.29 is 0 Å². The molecule has 3 aromatic heterocycles. The third-order valence-corrected chi connectivity index (χ3v) is 14.4. The van der Waals surface area contributed by atoms with Crippen LogP contribution in [-0.2, 0) is 0 Å². The first-order valence-electron chi connectivity index (χ1n) is 34.7. The van der Waals surface area contributed by atoms with E-state index in [0.29, 0.717) is 0 Å². The summed E-state index contributed by atoms with van der Waals surface area (Å²) >= 11 is 21.6. The highest BCUT2D eigenvalue weighted by Crippen LogP contribution is 2.13. The summed E-state index contributed by atoms with van der Waals surface area (Å²) in [5.74, 6) is 0. The summed E-state index contributed by atoms with van der Waals surface area (Å²) in [7, 11) is 0. The number of halogens is 5.